The van der Waals surface area contributed by atoms with Crippen molar-refractivity contribution in [3.05, 3.63) is 53.9 Å². The Morgan fingerprint density at radius 1 is 1.44 bits per heavy atom. The maximum absolute atomic E-state index is 13.6. The number of nitrogens with zero attached hydrogens (tertiary/aromatic N) is 2. The van der Waals surface area contributed by atoms with E-state index in [1.807, 2.05) is 23.8 Å². The molecule has 0 aliphatic rings. The zero-order chi connectivity index (χ0) is 13.0. The Labute approximate surface area is 106 Å². The van der Waals surface area contributed by atoms with Gasteiger partial charge in [-0.25, -0.2) is 14.8 Å². The molecule has 18 heavy (non-hydrogen) atoms. The smallest absolute Gasteiger partial charge is 0.127 e. The second kappa shape index (κ2) is 5.75. The van der Waals surface area contributed by atoms with Crippen molar-refractivity contribution in [1.82, 2.24) is 15.0 Å². The first kappa shape index (κ1) is 12.7. The normalized spacial score (nSPS) is 12.6. The number of halogens is 1. The van der Waals surface area contributed by atoms with Crippen LogP contribution in [0.2, 0.25) is 0 Å². The number of imidazole rings is 1. The van der Waals surface area contributed by atoms with Crippen LogP contribution in [0.15, 0.2) is 36.7 Å². The Hall–Kier alpha value is -1.72. The first-order chi connectivity index (χ1) is 8.76. The van der Waals surface area contributed by atoms with Crippen LogP contribution in [0, 0.1) is 5.82 Å². The number of aryl methyl sites for hydroxylation is 1. The highest BCUT2D eigenvalue weighted by Crippen LogP contribution is 2.18. The van der Waals surface area contributed by atoms with Crippen LogP contribution in [0.5, 0.6) is 0 Å². The van der Waals surface area contributed by atoms with E-state index in [1.165, 1.54) is 6.07 Å². The molecule has 0 saturated heterocycles. The summed E-state index contributed by atoms with van der Waals surface area (Å²) in [7, 11) is 0. The summed E-state index contributed by atoms with van der Waals surface area (Å²) in [5, 5.41) is 0. The number of hydrazine groups is 1. The third-order valence-corrected chi connectivity index (χ3v) is 2.98. The predicted octanol–water partition coefficient (Wildman–Crippen LogP) is 1.79. The maximum atomic E-state index is 13.6. The van der Waals surface area contributed by atoms with Crippen molar-refractivity contribution < 1.29 is 4.39 Å². The minimum absolute atomic E-state index is 0.197. The number of nitrogens with two attached hydrogens (primary N) is 1. The molecular weight excluding hydrogens is 231 g/mol. The molecule has 0 saturated carbocycles. The molecule has 1 aromatic heterocycles. The Balaban J connectivity index is 2.23. The predicted molar refractivity (Wildman–Crippen MR) is 68.1 cm³/mol. The first-order valence-electron chi connectivity index (χ1n) is 5.96. The lowest BCUT2D eigenvalue weighted by molar-refractivity contribution is 0.484. The fourth-order valence-corrected chi connectivity index (χ4v) is 2.01. The Kier molecular flexibility index (Phi) is 4.07. The first-order valence-corrected chi connectivity index (χ1v) is 5.96. The summed E-state index contributed by atoms with van der Waals surface area (Å²) in [5.41, 5.74) is 3.34. The number of hydrogen-bond acceptors (Lipinski definition) is 3. The van der Waals surface area contributed by atoms with Gasteiger partial charge in [0.05, 0.1) is 6.04 Å². The van der Waals surface area contributed by atoms with Crippen LogP contribution >= 0.6 is 0 Å². The molecule has 0 bridgehead atoms. The topological polar surface area (TPSA) is 55.9 Å². The van der Waals surface area contributed by atoms with Crippen LogP contribution < -0.4 is 11.3 Å². The van der Waals surface area contributed by atoms with Gasteiger partial charge in [-0.05, 0) is 25.0 Å². The lowest BCUT2D eigenvalue weighted by Gasteiger charge is -2.17. The highest BCUT2D eigenvalue weighted by Gasteiger charge is 2.17. The van der Waals surface area contributed by atoms with Crippen LogP contribution in [0.3, 0.4) is 0 Å². The standard InChI is InChI=1S/C13H17FN4/c1-2-18-8-7-16-13(18)12(17-15)9-10-5-3-4-6-11(10)14/h3-8,12,17H,2,9,15H2,1H3. The maximum Gasteiger partial charge on any atom is 0.127 e. The second-order valence-corrected chi connectivity index (χ2v) is 4.09. The summed E-state index contributed by atoms with van der Waals surface area (Å²) in [6.45, 7) is 2.84. The number of benzene rings is 1. The lowest BCUT2D eigenvalue weighted by atomic mass is 10.1. The highest BCUT2D eigenvalue weighted by molar-refractivity contribution is 5.19. The average molecular weight is 248 g/mol. The Morgan fingerprint density at radius 2 is 2.22 bits per heavy atom. The van der Waals surface area contributed by atoms with Crippen molar-refractivity contribution in [2.24, 2.45) is 5.84 Å². The zero-order valence-electron chi connectivity index (χ0n) is 10.3. The van der Waals surface area contributed by atoms with E-state index in [9.17, 15) is 4.39 Å². The van der Waals surface area contributed by atoms with Crippen LogP contribution in [0.1, 0.15) is 24.4 Å². The second-order valence-electron chi connectivity index (χ2n) is 4.09. The van der Waals surface area contributed by atoms with E-state index in [1.54, 1.807) is 18.3 Å². The van der Waals surface area contributed by atoms with Crippen molar-refractivity contribution in [2.75, 3.05) is 0 Å². The van der Waals surface area contributed by atoms with Crippen molar-refractivity contribution in [3.8, 4) is 0 Å². The van der Waals surface area contributed by atoms with E-state index >= 15 is 0 Å². The average Bonchev–Trinajstić information content (AvgIpc) is 2.86. The largest absolute Gasteiger partial charge is 0.334 e. The van der Waals surface area contributed by atoms with Gasteiger partial charge in [-0.1, -0.05) is 18.2 Å². The number of nitrogens with one attached hydrogen (secondary N) is 1. The molecule has 2 rings (SSSR count). The highest BCUT2D eigenvalue weighted by atomic mass is 19.1. The van der Waals surface area contributed by atoms with Gasteiger partial charge in [-0.2, -0.15) is 0 Å². The summed E-state index contributed by atoms with van der Waals surface area (Å²) in [5.74, 6) is 6.17. The third kappa shape index (κ3) is 2.57. The molecule has 0 fully saturated rings. The van der Waals surface area contributed by atoms with Gasteiger partial charge in [0, 0.05) is 18.9 Å². The van der Waals surface area contributed by atoms with Gasteiger partial charge in [0.25, 0.3) is 0 Å². The van der Waals surface area contributed by atoms with Crippen LogP contribution in [0.4, 0.5) is 4.39 Å². The van der Waals surface area contributed by atoms with E-state index in [-0.39, 0.29) is 11.9 Å². The van der Waals surface area contributed by atoms with E-state index in [2.05, 4.69) is 10.4 Å². The molecule has 0 aliphatic carbocycles. The Bertz CT molecular complexity index is 509. The third-order valence-electron chi connectivity index (χ3n) is 2.98. The minimum atomic E-state index is -0.215. The summed E-state index contributed by atoms with van der Waals surface area (Å²) in [6, 6.07) is 6.51. The van der Waals surface area contributed by atoms with Gasteiger partial charge in [0.2, 0.25) is 0 Å². The van der Waals surface area contributed by atoms with Gasteiger partial charge in [-0.3, -0.25) is 5.84 Å². The summed E-state index contributed by atoms with van der Waals surface area (Å²) >= 11 is 0. The van der Waals surface area contributed by atoms with Crippen molar-refractivity contribution >= 4 is 0 Å². The van der Waals surface area contributed by atoms with Gasteiger partial charge < -0.3 is 4.57 Å². The van der Waals surface area contributed by atoms with Gasteiger partial charge >= 0.3 is 0 Å². The molecule has 3 N–H and O–H groups in total. The molecule has 4 nitrogen and oxygen atoms in total. The molecule has 0 spiro atoms. The molecule has 0 amide bonds. The molecule has 2 aromatic rings. The van der Waals surface area contributed by atoms with Crippen LogP contribution in [0.25, 0.3) is 0 Å². The molecule has 0 aliphatic heterocycles. The fourth-order valence-electron chi connectivity index (χ4n) is 2.01. The molecule has 96 valence electrons. The SMILES string of the molecule is CCn1ccnc1C(Cc1ccccc1F)NN. The monoisotopic (exact) mass is 248 g/mol. The summed E-state index contributed by atoms with van der Waals surface area (Å²) < 4.78 is 15.6. The molecule has 5 heteroatoms. The summed E-state index contributed by atoms with van der Waals surface area (Å²) in [6.07, 6.45) is 4.09. The fraction of sp³-hybridized carbons (Fsp3) is 0.308. The molecule has 1 heterocycles. The lowest BCUT2D eigenvalue weighted by Crippen LogP contribution is -2.32. The molecule has 1 unspecified atom stereocenters. The zero-order valence-corrected chi connectivity index (χ0v) is 10.3. The van der Waals surface area contributed by atoms with Crippen LogP contribution in [-0.2, 0) is 13.0 Å². The van der Waals surface area contributed by atoms with Gasteiger partial charge in [0.1, 0.15) is 11.6 Å². The number of aromatic nitrogens is 2. The number of rotatable bonds is 5. The van der Waals surface area contributed by atoms with Crippen molar-refractivity contribution in [2.45, 2.75) is 25.9 Å². The quantitative estimate of drug-likeness (QED) is 0.626. The van der Waals surface area contributed by atoms with E-state index in [0.717, 1.165) is 12.4 Å². The van der Waals surface area contributed by atoms with Crippen LogP contribution in [-0.4, -0.2) is 9.55 Å². The molecule has 0 radical (unpaired) electrons. The molecule has 1 atom stereocenters. The van der Waals surface area contributed by atoms with Gasteiger partial charge in [0.15, 0.2) is 0 Å². The van der Waals surface area contributed by atoms with Crippen molar-refractivity contribution in [3.63, 3.8) is 0 Å². The van der Waals surface area contributed by atoms with E-state index < -0.39 is 0 Å². The summed E-state index contributed by atoms with van der Waals surface area (Å²) in [4.78, 5) is 4.28. The molecular formula is C13H17FN4. The Morgan fingerprint density at radius 3 is 2.89 bits per heavy atom. The van der Waals surface area contributed by atoms with Gasteiger partial charge in [-0.15, -0.1) is 0 Å². The number of hydrogen-bond donors (Lipinski definition) is 2. The molecule has 1 aromatic carbocycles. The van der Waals surface area contributed by atoms with E-state index in [4.69, 9.17) is 5.84 Å². The minimum Gasteiger partial charge on any atom is -0.334 e. The van der Waals surface area contributed by atoms with Crippen molar-refractivity contribution in [1.29, 1.82) is 0 Å². The van der Waals surface area contributed by atoms with E-state index in [0.29, 0.717) is 12.0 Å².